The molecule has 0 bridgehead atoms. The third-order valence-electron chi connectivity index (χ3n) is 7.81. The van der Waals surface area contributed by atoms with Crippen LogP contribution in [-0.2, 0) is 14.3 Å². The average Bonchev–Trinajstić information content (AvgIpc) is 2.89. The molecule has 5 rings (SSSR count). The summed E-state index contributed by atoms with van der Waals surface area (Å²) in [5, 5.41) is 10.2. The lowest BCUT2D eigenvalue weighted by atomic mass is 9.69. The van der Waals surface area contributed by atoms with Crippen LogP contribution in [0.2, 0.25) is 0 Å². The van der Waals surface area contributed by atoms with Crippen LogP contribution in [0.15, 0.2) is 64.8 Å². The Morgan fingerprint density at radius 3 is 2.47 bits per heavy atom. The number of Topliss-reactive ketones (excluding diaryl/α,β-unsaturated/α-hetero) is 1. The maximum Gasteiger partial charge on any atom is 0.315 e. The van der Waals surface area contributed by atoms with Gasteiger partial charge in [0, 0.05) is 29.3 Å². The number of phenols is 1. The number of esters is 1. The molecule has 0 amide bonds. The predicted octanol–water partition coefficient (Wildman–Crippen LogP) is 5.85. The molecular weight excluding hydrogens is 454 g/mol. The molecule has 0 saturated heterocycles. The Hall–Kier alpha value is -3.41. The monoisotopic (exact) mass is 487 g/mol. The van der Waals surface area contributed by atoms with Gasteiger partial charge in [0.05, 0.1) is 7.11 Å². The van der Waals surface area contributed by atoms with Crippen LogP contribution in [0.4, 0.5) is 0 Å². The summed E-state index contributed by atoms with van der Waals surface area (Å²) < 4.78 is 11.4. The molecule has 3 atom stereocenters. The second-order valence-corrected chi connectivity index (χ2v) is 10.1. The highest BCUT2D eigenvalue weighted by atomic mass is 16.5. The molecule has 6 heteroatoms. The van der Waals surface area contributed by atoms with Crippen LogP contribution in [0.25, 0.3) is 0 Å². The number of nitrogens with zero attached hydrogens (tertiary/aromatic N) is 1. The first kappa shape index (κ1) is 24.3. The van der Waals surface area contributed by atoms with E-state index in [1.807, 2.05) is 25.1 Å². The molecule has 3 aliphatic rings. The summed E-state index contributed by atoms with van der Waals surface area (Å²) in [6, 6.07) is 15.1. The van der Waals surface area contributed by atoms with Gasteiger partial charge >= 0.3 is 5.97 Å². The number of carbonyl (C=O) groups is 2. The van der Waals surface area contributed by atoms with E-state index in [-0.39, 0.29) is 29.5 Å². The number of phenolic OH excluding ortho intramolecular Hbond substituents is 1. The molecule has 0 aromatic heterocycles. The van der Waals surface area contributed by atoms with E-state index in [0.29, 0.717) is 29.9 Å². The highest BCUT2D eigenvalue weighted by Crippen LogP contribution is 2.48. The first-order chi connectivity index (χ1) is 17.5. The SMILES string of the molecule is COc1cc(C2C3=C(CC(c4ccccc4)CC3=O)N=C(C)C2C(=O)OC2CCCCC2)ccc1O. The van der Waals surface area contributed by atoms with E-state index >= 15 is 0 Å². The van der Waals surface area contributed by atoms with Crippen molar-refractivity contribution in [2.75, 3.05) is 7.11 Å². The Morgan fingerprint density at radius 1 is 1.00 bits per heavy atom. The number of aromatic hydroxyl groups is 1. The maximum absolute atomic E-state index is 13.7. The molecule has 1 saturated carbocycles. The number of hydrogen-bond acceptors (Lipinski definition) is 6. The van der Waals surface area contributed by atoms with Gasteiger partial charge in [-0.3, -0.25) is 14.6 Å². The molecule has 188 valence electrons. The van der Waals surface area contributed by atoms with Gasteiger partial charge in [0.15, 0.2) is 17.3 Å². The fourth-order valence-electron chi connectivity index (χ4n) is 5.99. The molecule has 3 unspecified atom stereocenters. The Kier molecular flexibility index (Phi) is 6.95. The number of allylic oxidation sites excluding steroid dienone is 2. The zero-order valence-electron chi connectivity index (χ0n) is 20.9. The fourth-order valence-corrected chi connectivity index (χ4v) is 5.99. The molecule has 36 heavy (non-hydrogen) atoms. The molecular formula is C30H33NO5. The molecule has 1 N–H and O–H groups in total. The molecule has 0 radical (unpaired) electrons. The Morgan fingerprint density at radius 2 is 1.75 bits per heavy atom. The van der Waals surface area contributed by atoms with E-state index in [1.165, 1.54) is 13.5 Å². The van der Waals surface area contributed by atoms with Crippen molar-refractivity contribution in [3.05, 3.63) is 70.9 Å². The highest BCUT2D eigenvalue weighted by molar-refractivity contribution is 6.09. The number of methoxy groups -OCH3 is 1. The van der Waals surface area contributed by atoms with E-state index in [2.05, 4.69) is 12.1 Å². The summed E-state index contributed by atoms with van der Waals surface area (Å²) in [7, 11) is 1.49. The number of ether oxygens (including phenoxy) is 2. The van der Waals surface area contributed by atoms with Crippen LogP contribution < -0.4 is 4.74 Å². The molecule has 0 spiro atoms. The van der Waals surface area contributed by atoms with Crippen molar-refractivity contribution in [1.82, 2.24) is 0 Å². The van der Waals surface area contributed by atoms with Crippen LogP contribution in [0.5, 0.6) is 11.5 Å². The van der Waals surface area contributed by atoms with Crippen molar-refractivity contribution in [3.63, 3.8) is 0 Å². The number of carbonyl (C=O) groups excluding carboxylic acids is 2. The van der Waals surface area contributed by atoms with Crippen molar-refractivity contribution in [2.24, 2.45) is 10.9 Å². The van der Waals surface area contributed by atoms with Crippen LogP contribution in [-0.4, -0.2) is 35.8 Å². The molecule has 1 heterocycles. The van der Waals surface area contributed by atoms with Gasteiger partial charge in [-0.15, -0.1) is 0 Å². The smallest absolute Gasteiger partial charge is 0.315 e. The van der Waals surface area contributed by atoms with Crippen molar-refractivity contribution in [3.8, 4) is 11.5 Å². The Bertz CT molecular complexity index is 1210. The first-order valence-electron chi connectivity index (χ1n) is 12.9. The van der Waals surface area contributed by atoms with Gasteiger partial charge in [-0.05, 0) is 68.2 Å². The number of hydrogen-bond donors (Lipinski definition) is 1. The van der Waals surface area contributed by atoms with Gasteiger partial charge < -0.3 is 14.6 Å². The lowest BCUT2D eigenvalue weighted by molar-refractivity contribution is -0.153. The van der Waals surface area contributed by atoms with Gasteiger partial charge in [-0.25, -0.2) is 0 Å². The van der Waals surface area contributed by atoms with Crippen molar-refractivity contribution in [1.29, 1.82) is 0 Å². The maximum atomic E-state index is 13.7. The Labute approximate surface area is 212 Å². The first-order valence-corrected chi connectivity index (χ1v) is 12.9. The van der Waals surface area contributed by atoms with E-state index in [4.69, 9.17) is 14.5 Å². The summed E-state index contributed by atoms with van der Waals surface area (Å²) in [6.07, 6.45) is 5.95. The number of benzene rings is 2. The molecule has 2 aromatic carbocycles. The van der Waals surface area contributed by atoms with E-state index < -0.39 is 11.8 Å². The van der Waals surface area contributed by atoms with Gasteiger partial charge in [-0.2, -0.15) is 0 Å². The zero-order chi connectivity index (χ0) is 25.2. The molecule has 1 fully saturated rings. The van der Waals surface area contributed by atoms with Crippen molar-refractivity contribution in [2.45, 2.75) is 69.8 Å². The van der Waals surface area contributed by atoms with E-state index in [1.54, 1.807) is 18.2 Å². The van der Waals surface area contributed by atoms with Crippen LogP contribution >= 0.6 is 0 Å². The second kappa shape index (κ2) is 10.3. The summed E-state index contributed by atoms with van der Waals surface area (Å²) >= 11 is 0. The Balaban J connectivity index is 1.55. The number of aliphatic imine (C=N–C) groups is 1. The third kappa shape index (κ3) is 4.69. The van der Waals surface area contributed by atoms with E-state index in [0.717, 1.165) is 42.5 Å². The average molecular weight is 488 g/mol. The zero-order valence-corrected chi connectivity index (χ0v) is 20.9. The van der Waals surface area contributed by atoms with Crippen LogP contribution in [0.1, 0.15) is 74.8 Å². The van der Waals surface area contributed by atoms with Crippen LogP contribution in [0, 0.1) is 5.92 Å². The van der Waals surface area contributed by atoms with E-state index in [9.17, 15) is 14.7 Å². The topological polar surface area (TPSA) is 85.2 Å². The highest BCUT2D eigenvalue weighted by Gasteiger charge is 2.45. The van der Waals surface area contributed by atoms with Crippen molar-refractivity contribution < 1.29 is 24.2 Å². The minimum Gasteiger partial charge on any atom is -0.504 e. The van der Waals surface area contributed by atoms with Crippen LogP contribution in [0.3, 0.4) is 0 Å². The lowest BCUT2D eigenvalue weighted by Gasteiger charge is -2.37. The van der Waals surface area contributed by atoms with Gasteiger partial charge in [-0.1, -0.05) is 42.8 Å². The molecule has 6 nitrogen and oxygen atoms in total. The van der Waals surface area contributed by atoms with Gasteiger partial charge in [0.2, 0.25) is 0 Å². The van der Waals surface area contributed by atoms with Crippen molar-refractivity contribution >= 4 is 17.5 Å². The second-order valence-electron chi connectivity index (χ2n) is 10.1. The molecule has 2 aliphatic carbocycles. The summed E-state index contributed by atoms with van der Waals surface area (Å²) in [4.78, 5) is 32.2. The minimum absolute atomic E-state index is 0.00820. The third-order valence-corrected chi connectivity index (χ3v) is 7.81. The number of ketones is 1. The standard InChI is InChI=1S/C30H33NO5/c1-18-27(30(34)36-22-11-7-4-8-12-22)28(20-13-14-24(32)26(17-20)35-2)29-23(31-18)15-21(16-25(29)33)19-9-5-3-6-10-19/h3,5-6,9-10,13-14,17,21-22,27-28,32H,4,7-8,11-12,15-16H2,1-2H3. The minimum atomic E-state index is -0.697. The van der Waals surface area contributed by atoms with Gasteiger partial charge in [0.1, 0.15) is 12.0 Å². The fraction of sp³-hybridized carbons (Fsp3) is 0.433. The largest absolute Gasteiger partial charge is 0.504 e. The lowest BCUT2D eigenvalue weighted by Crippen LogP contribution is -2.39. The summed E-state index contributed by atoms with van der Waals surface area (Å²) in [6.45, 7) is 1.86. The summed E-state index contributed by atoms with van der Waals surface area (Å²) in [5.74, 6) is -1.19. The normalized spacial score (nSPS) is 24.7. The quantitative estimate of drug-likeness (QED) is 0.535. The molecule has 1 aliphatic heterocycles. The number of rotatable bonds is 5. The predicted molar refractivity (Wildman–Crippen MR) is 137 cm³/mol. The molecule has 2 aromatic rings. The van der Waals surface area contributed by atoms with Gasteiger partial charge in [0.25, 0.3) is 0 Å². The summed E-state index contributed by atoms with van der Waals surface area (Å²) in [5.41, 5.74) is 3.85.